The molecule has 2 aromatic carbocycles. The van der Waals surface area contributed by atoms with Crippen LogP contribution in [0.1, 0.15) is 72.5 Å². The molecule has 0 spiro atoms. The van der Waals surface area contributed by atoms with Crippen molar-refractivity contribution in [2.24, 2.45) is 0 Å². The first-order valence-corrected chi connectivity index (χ1v) is 13.2. The molecule has 0 unspecified atom stereocenters. The Morgan fingerprint density at radius 1 is 0.944 bits per heavy atom. The number of aryl methyl sites for hydroxylation is 2. The number of nitrogens with zero attached hydrogens (tertiary/aromatic N) is 3. The van der Waals surface area contributed by atoms with Crippen LogP contribution in [-0.2, 0) is 6.42 Å². The summed E-state index contributed by atoms with van der Waals surface area (Å²) in [7, 11) is 0. The molecule has 5 heteroatoms. The summed E-state index contributed by atoms with van der Waals surface area (Å²) in [5.74, 6) is 0.484. The van der Waals surface area contributed by atoms with Gasteiger partial charge in [-0.1, -0.05) is 51.1 Å². The second-order valence-corrected chi connectivity index (χ2v) is 10.3. The van der Waals surface area contributed by atoms with Crippen molar-refractivity contribution in [1.82, 2.24) is 14.9 Å². The average Bonchev–Trinajstić information content (AvgIpc) is 3.39. The van der Waals surface area contributed by atoms with Crippen LogP contribution in [-0.4, -0.2) is 14.7 Å². The van der Waals surface area contributed by atoms with Gasteiger partial charge in [0.2, 0.25) is 0 Å². The van der Waals surface area contributed by atoms with E-state index < -0.39 is 0 Å². The molecule has 0 aliphatic carbocycles. The van der Waals surface area contributed by atoms with Crippen LogP contribution in [0.2, 0.25) is 0 Å². The molecule has 2 aromatic heterocycles. The van der Waals surface area contributed by atoms with Crippen LogP contribution in [0, 0.1) is 13.8 Å². The zero-order valence-corrected chi connectivity index (χ0v) is 22.5. The van der Waals surface area contributed by atoms with E-state index in [0.29, 0.717) is 5.92 Å². The second-order valence-electron chi connectivity index (χ2n) is 9.92. The Balaban J connectivity index is 1.63. The molecule has 1 N–H and O–H groups in total. The van der Waals surface area contributed by atoms with E-state index in [1.54, 1.807) is 0 Å². The Bertz CT molecular complexity index is 1350. The molecule has 0 amide bonds. The molecule has 5 rings (SSSR count). The Hall–Kier alpha value is -3.44. The molecule has 1 aliphatic rings. The summed E-state index contributed by atoms with van der Waals surface area (Å²) in [6.07, 6.45) is 2.90. The smallest absolute Gasteiger partial charge is 0.174 e. The first-order chi connectivity index (χ1) is 17.4. The van der Waals surface area contributed by atoms with Crippen molar-refractivity contribution in [3.8, 4) is 5.69 Å². The quantitative estimate of drug-likeness (QED) is 0.284. The van der Waals surface area contributed by atoms with Gasteiger partial charge in [0, 0.05) is 29.0 Å². The van der Waals surface area contributed by atoms with Crippen LogP contribution < -0.4 is 10.2 Å². The third-order valence-electron chi connectivity index (χ3n) is 7.33. The molecule has 0 bridgehead atoms. The van der Waals surface area contributed by atoms with Crippen molar-refractivity contribution in [1.29, 1.82) is 0 Å². The molecule has 4 aromatic rings. The van der Waals surface area contributed by atoms with E-state index in [4.69, 9.17) is 17.2 Å². The highest BCUT2D eigenvalue weighted by molar-refractivity contribution is 7.80. The number of benzene rings is 2. The number of thiocarbonyl (C=S) groups is 1. The van der Waals surface area contributed by atoms with Crippen LogP contribution in [0.4, 0.5) is 5.69 Å². The van der Waals surface area contributed by atoms with Gasteiger partial charge in [-0.2, -0.15) is 0 Å². The summed E-state index contributed by atoms with van der Waals surface area (Å²) in [5.41, 5.74) is 9.62. The van der Waals surface area contributed by atoms with Gasteiger partial charge in [0.25, 0.3) is 0 Å². The highest BCUT2D eigenvalue weighted by Crippen LogP contribution is 2.44. The van der Waals surface area contributed by atoms with Crippen LogP contribution in [0.3, 0.4) is 0 Å². The number of anilines is 1. The minimum absolute atomic E-state index is 0.0211. The summed E-state index contributed by atoms with van der Waals surface area (Å²) in [6.45, 7) is 11.0. The Morgan fingerprint density at radius 2 is 1.64 bits per heavy atom. The maximum absolute atomic E-state index is 5.95. The van der Waals surface area contributed by atoms with Crippen molar-refractivity contribution in [2.45, 2.75) is 59.0 Å². The molecule has 2 atom stereocenters. The lowest BCUT2D eigenvalue weighted by Crippen LogP contribution is -2.29. The lowest BCUT2D eigenvalue weighted by Gasteiger charge is -2.28. The summed E-state index contributed by atoms with van der Waals surface area (Å²) < 4.78 is 2.35. The third kappa shape index (κ3) is 4.33. The van der Waals surface area contributed by atoms with Gasteiger partial charge in [-0.15, -0.1) is 0 Å². The summed E-state index contributed by atoms with van der Waals surface area (Å²) in [5, 5.41) is 4.33. The fourth-order valence-electron chi connectivity index (χ4n) is 5.33. The van der Waals surface area contributed by atoms with Gasteiger partial charge < -0.3 is 14.8 Å². The van der Waals surface area contributed by atoms with Crippen LogP contribution in [0.25, 0.3) is 5.69 Å². The summed E-state index contributed by atoms with van der Waals surface area (Å²) in [6, 6.07) is 26.0. The Morgan fingerprint density at radius 3 is 2.25 bits per heavy atom. The van der Waals surface area contributed by atoms with Gasteiger partial charge in [-0.25, -0.2) is 0 Å². The van der Waals surface area contributed by atoms with E-state index in [1.807, 2.05) is 18.3 Å². The van der Waals surface area contributed by atoms with E-state index in [1.165, 1.54) is 33.8 Å². The van der Waals surface area contributed by atoms with Crippen molar-refractivity contribution in [3.05, 3.63) is 113 Å². The van der Waals surface area contributed by atoms with Gasteiger partial charge in [0.15, 0.2) is 5.11 Å². The molecule has 3 heterocycles. The zero-order valence-electron chi connectivity index (χ0n) is 21.7. The highest BCUT2D eigenvalue weighted by atomic mass is 32.1. The van der Waals surface area contributed by atoms with Gasteiger partial charge in [-0.05, 0) is 97.6 Å². The maximum atomic E-state index is 5.95. The predicted molar refractivity (Wildman–Crippen MR) is 153 cm³/mol. The molecule has 184 valence electrons. The van der Waals surface area contributed by atoms with Crippen LogP contribution >= 0.6 is 12.2 Å². The minimum atomic E-state index is -0.0557. The fourth-order valence-corrected chi connectivity index (χ4v) is 5.68. The number of aromatic nitrogens is 2. The lowest BCUT2D eigenvalue weighted by molar-refractivity contribution is 0.565. The van der Waals surface area contributed by atoms with Gasteiger partial charge in [0.1, 0.15) is 0 Å². The first kappa shape index (κ1) is 24.3. The predicted octanol–water partition coefficient (Wildman–Crippen LogP) is 7.35. The molecule has 0 radical (unpaired) electrons. The number of nitrogens with one attached hydrogen (secondary N) is 1. The molecule has 1 aliphatic heterocycles. The zero-order chi connectivity index (χ0) is 25.4. The minimum Gasteiger partial charge on any atom is -0.351 e. The maximum Gasteiger partial charge on any atom is 0.174 e. The standard InChI is InChI=1S/C31H34N4S/c1-6-23-10-14-25(15-11-23)34-21(4)19-27(22(34)5)30-29(28-9-7-8-18-32-28)33-31(36)35(30)26-16-12-24(13-17-26)20(2)3/h7-20,29-30H,6H2,1-5H3,(H,33,36)/t29-,30-/m0/s1. The van der Waals surface area contributed by atoms with Crippen LogP contribution in [0.5, 0.6) is 0 Å². The van der Waals surface area contributed by atoms with E-state index in [-0.39, 0.29) is 12.1 Å². The monoisotopic (exact) mass is 494 g/mol. The van der Waals surface area contributed by atoms with E-state index >= 15 is 0 Å². The molecular formula is C31H34N4S. The molecule has 1 saturated heterocycles. The number of hydrogen-bond acceptors (Lipinski definition) is 2. The second kappa shape index (κ2) is 9.90. The van der Waals surface area contributed by atoms with Gasteiger partial charge in [-0.3, -0.25) is 4.98 Å². The number of pyridine rings is 1. The summed E-state index contributed by atoms with van der Waals surface area (Å²) >= 11 is 5.95. The lowest BCUT2D eigenvalue weighted by atomic mass is 9.96. The Labute approximate surface area is 220 Å². The third-order valence-corrected chi connectivity index (χ3v) is 7.64. The summed E-state index contributed by atoms with van der Waals surface area (Å²) in [4.78, 5) is 6.99. The normalized spacial score (nSPS) is 17.6. The molecule has 4 nitrogen and oxygen atoms in total. The fraction of sp³-hybridized carbons (Fsp3) is 0.290. The van der Waals surface area contributed by atoms with E-state index in [2.05, 4.69) is 110 Å². The molecule has 1 fully saturated rings. The number of rotatable bonds is 6. The van der Waals surface area contributed by atoms with Gasteiger partial charge >= 0.3 is 0 Å². The van der Waals surface area contributed by atoms with E-state index in [9.17, 15) is 0 Å². The van der Waals surface area contributed by atoms with Crippen LogP contribution in [0.15, 0.2) is 79.0 Å². The first-order valence-electron chi connectivity index (χ1n) is 12.8. The average molecular weight is 495 g/mol. The van der Waals surface area contributed by atoms with E-state index in [0.717, 1.165) is 22.9 Å². The molecule has 0 saturated carbocycles. The number of hydrogen-bond donors (Lipinski definition) is 1. The SMILES string of the molecule is CCc1ccc(-n2c(C)cc([C@H]3[C@H](c4ccccn4)NC(=S)N3c3ccc(C(C)C)cc3)c2C)cc1. The van der Waals surface area contributed by atoms with Crippen molar-refractivity contribution in [2.75, 3.05) is 4.90 Å². The van der Waals surface area contributed by atoms with Crippen molar-refractivity contribution >= 4 is 23.0 Å². The van der Waals surface area contributed by atoms with Gasteiger partial charge in [0.05, 0.1) is 17.8 Å². The molecular weight excluding hydrogens is 460 g/mol. The largest absolute Gasteiger partial charge is 0.351 e. The topological polar surface area (TPSA) is 33.1 Å². The molecule has 36 heavy (non-hydrogen) atoms. The highest BCUT2D eigenvalue weighted by Gasteiger charge is 2.42. The van der Waals surface area contributed by atoms with Crippen molar-refractivity contribution in [3.63, 3.8) is 0 Å². The Kier molecular flexibility index (Phi) is 6.67. The van der Waals surface area contributed by atoms with Crippen molar-refractivity contribution < 1.29 is 0 Å².